The molecule has 4 atom stereocenters. The van der Waals surface area contributed by atoms with Gasteiger partial charge < -0.3 is 29.9 Å². The molecular weight excluding hydrogens is 369 g/mol. The number of rotatable bonds is 5. The van der Waals surface area contributed by atoms with Gasteiger partial charge in [-0.2, -0.15) is 0 Å². The number of benzene rings is 1. The average Bonchev–Trinajstić information content (AvgIpc) is 3.00. The molecule has 0 radical (unpaired) electrons. The molecule has 1 aromatic heterocycles. The molecule has 1 aromatic carbocycles. The Balaban J connectivity index is 2.00. The molecule has 1 saturated heterocycles. The fourth-order valence-corrected chi connectivity index (χ4v) is 3.30. The standard InChI is InChI=1S/C16H21Cl2N3O4/c1-7(2)19-16-20-10-3-8(17)9(18)4-11(10)21(16)5-12-14(23)15(24)13(6-22)25-12/h3-4,7,12-15,22-24H,5-6H2,1-2H3,(H,19,20)/t12-,13-,14+,15+/m1/s1. The number of hydrogen-bond acceptors (Lipinski definition) is 6. The largest absolute Gasteiger partial charge is 0.394 e. The highest BCUT2D eigenvalue weighted by Gasteiger charge is 2.42. The van der Waals surface area contributed by atoms with Crippen molar-refractivity contribution >= 4 is 40.2 Å². The Morgan fingerprint density at radius 2 is 1.84 bits per heavy atom. The molecule has 0 saturated carbocycles. The highest BCUT2D eigenvalue weighted by atomic mass is 35.5. The summed E-state index contributed by atoms with van der Waals surface area (Å²) in [6.45, 7) is 3.84. The minimum Gasteiger partial charge on any atom is -0.394 e. The van der Waals surface area contributed by atoms with E-state index >= 15 is 0 Å². The zero-order valence-corrected chi connectivity index (χ0v) is 15.4. The van der Waals surface area contributed by atoms with Gasteiger partial charge in [-0.25, -0.2) is 4.98 Å². The Hall–Kier alpha value is -1.09. The number of nitrogens with zero attached hydrogens (tertiary/aromatic N) is 2. The van der Waals surface area contributed by atoms with Gasteiger partial charge >= 0.3 is 0 Å². The predicted octanol–water partition coefficient (Wildman–Crippen LogP) is 1.64. The molecule has 1 fully saturated rings. The van der Waals surface area contributed by atoms with Crippen LogP contribution in [-0.4, -0.2) is 61.9 Å². The first kappa shape index (κ1) is 18.7. The third-order valence-corrected chi connectivity index (χ3v) is 4.93. The first-order valence-corrected chi connectivity index (χ1v) is 8.81. The van der Waals surface area contributed by atoms with Gasteiger partial charge in [0.1, 0.15) is 24.4 Å². The lowest BCUT2D eigenvalue weighted by Gasteiger charge is -2.19. The lowest BCUT2D eigenvalue weighted by atomic mass is 10.1. The SMILES string of the molecule is CC(C)Nc1nc2cc(Cl)c(Cl)cc2n1C[C@H]1O[C@H](CO)[C@H](O)[C@H]1O. The van der Waals surface area contributed by atoms with E-state index in [1.807, 2.05) is 18.4 Å². The summed E-state index contributed by atoms with van der Waals surface area (Å²) in [5.74, 6) is 0.584. The molecule has 0 unspecified atom stereocenters. The number of aromatic nitrogens is 2. The van der Waals surface area contributed by atoms with Gasteiger partial charge in [0.2, 0.25) is 5.95 Å². The molecule has 25 heavy (non-hydrogen) atoms. The number of imidazole rings is 1. The molecule has 0 aliphatic carbocycles. The Bertz CT molecular complexity index is 767. The third-order valence-electron chi connectivity index (χ3n) is 4.21. The number of hydrogen-bond donors (Lipinski definition) is 4. The van der Waals surface area contributed by atoms with E-state index in [0.717, 1.165) is 5.52 Å². The summed E-state index contributed by atoms with van der Waals surface area (Å²) in [6, 6.07) is 3.52. The van der Waals surface area contributed by atoms with Crippen LogP contribution in [-0.2, 0) is 11.3 Å². The number of ether oxygens (including phenoxy) is 1. The van der Waals surface area contributed by atoms with E-state index in [-0.39, 0.29) is 19.2 Å². The zero-order valence-electron chi connectivity index (χ0n) is 13.9. The molecule has 4 N–H and O–H groups in total. The van der Waals surface area contributed by atoms with Crippen LogP contribution in [0.2, 0.25) is 10.0 Å². The second-order valence-corrected chi connectivity index (χ2v) is 7.29. The van der Waals surface area contributed by atoms with Gasteiger partial charge in [0, 0.05) is 6.04 Å². The summed E-state index contributed by atoms with van der Waals surface area (Å²) < 4.78 is 7.42. The van der Waals surface area contributed by atoms with Gasteiger partial charge in [-0.3, -0.25) is 0 Å². The van der Waals surface area contributed by atoms with Gasteiger partial charge in [-0.05, 0) is 26.0 Å². The zero-order chi connectivity index (χ0) is 18.3. The maximum Gasteiger partial charge on any atom is 0.204 e. The highest BCUT2D eigenvalue weighted by Crippen LogP contribution is 2.31. The molecule has 0 amide bonds. The molecule has 0 bridgehead atoms. The number of nitrogens with one attached hydrogen (secondary N) is 1. The van der Waals surface area contributed by atoms with Crippen molar-refractivity contribution in [2.75, 3.05) is 11.9 Å². The second kappa shape index (κ2) is 7.26. The summed E-state index contributed by atoms with van der Waals surface area (Å²) in [4.78, 5) is 4.54. The quantitative estimate of drug-likeness (QED) is 0.620. The van der Waals surface area contributed by atoms with E-state index < -0.39 is 24.4 Å². The van der Waals surface area contributed by atoms with Gasteiger partial charge in [-0.15, -0.1) is 0 Å². The van der Waals surface area contributed by atoms with Crippen LogP contribution in [0.3, 0.4) is 0 Å². The van der Waals surface area contributed by atoms with Crippen LogP contribution in [0.15, 0.2) is 12.1 Å². The minimum absolute atomic E-state index is 0.131. The fourth-order valence-electron chi connectivity index (χ4n) is 2.98. The number of halogens is 2. The van der Waals surface area contributed by atoms with Crippen LogP contribution < -0.4 is 5.32 Å². The first-order valence-electron chi connectivity index (χ1n) is 8.06. The number of aliphatic hydroxyl groups excluding tert-OH is 3. The summed E-state index contributed by atoms with van der Waals surface area (Å²) in [5, 5.41) is 33.5. The second-order valence-electron chi connectivity index (χ2n) is 6.48. The Morgan fingerprint density at radius 3 is 2.44 bits per heavy atom. The van der Waals surface area contributed by atoms with E-state index in [2.05, 4.69) is 10.3 Å². The minimum atomic E-state index is -1.13. The van der Waals surface area contributed by atoms with Crippen LogP contribution in [0.4, 0.5) is 5.95 Å². The highest BCUT2D eigenvalue weighted by molar-refractivity contribution is 6.42. The Kier molecular flexibility index (Phi) is 5.43. The van der Waals surface area contributed by atoms with Crippen LogP contribution in [0, 0.1) is 0 Å². The Morgan fingerprint density at radius 1 is 1.20 bits per heavy atom. The summed E-state index contributed by atoms with van der Waals surface area (Å²) >= 11 is 12.2. The monoisotopic (exact) mass is 389 g/mol. The number of fused-ring (bicyclic) bond motifs is 1. The molecule has 1 aliphatic rings. The third kappa shape index (κ3) is 3.58. The van der Waals surface area contributed by atoms with Crippen molar-refractivity contribution in [1.29, 1.82) is 0 Å². The molecule has 9 heteroatoms. The maximum atomic E-state index is 10.2. The van der Waals surface area contributed by atoms with E-state index in [1.54, 1.807) is 12.1 Å². The van der Waals surface area contributed by atoms with Crippen molar-refractivity contribution in [3.63, 3.8) is 0 Å². The van der Waals surface area contributed by atoms with Crippen molar-refractivity contribution in [2.24, 2.45) is 0 Å². The average molecular weight is 390 g/mol. The van der Waals surface area contributed by atoms with Gasteiger partial charge in [0.05, 0.1) is 34.2 Å². The van der Waals surface area contributed by atoms with E-state index in [9.17, 15) is 15.3 Å². The van der Waals surface area contributed by atoms with Crippen molar-refractivity contribution in [1.82, 2.24) is 9.55 Å². The molecule has 2 aromatic rings. The normalized spacial score (nSPS) is 26.7. The van der Waals surface area contributed by atoms with Gasteiger partial charge in [-0.1, -0.05) is 23.2 Å². The van der Waals surface area contributed by atoms with Crippen molar-refractivity contribution in [3.8, 4) is 0 Å². The molecule has 3 rings (SSSR count). The van der Waals surface area contributed by atoms with Gasteiger partial charge in [0.15, 0.2) is 0 Å². The summed E-state index contributed by atoms with van der Waals surface area (Å²) in [7, 11) is 0. The molecular formula is C16H21Cl2N3O4. The van der Waals surface area contributed by atoms with Crippen LogP contribution in [0.5, 0.6) is 0 Å². The van der Waals surface area contributed by atoms with E-state index in [1.165, 1.54) is 0 Å². The summed E-state index contributed by atoms with van der Waals surface area (Å²) in [5.41, 5.74) is 1.39. The fraction of sp³-hybridized carbons (Fsp3) is 0.562. The smallest absolute Gasteiger partial charge is 0.204 e. The molecule has 0 spiro atoms. The molecule has 2 heterocycles. The molecule has 1 aliphatic heterocycles. The van der Waals surface area contributed by atoms with Crippen LogP contribution in [0.1, 0.15) is 13.8 Å². The van der Waals surface area contributed by atoms with Crippen LogP contribution in [0.25, 0.3) is 11.0 Å². The predicted molar refractivity (Wildman–Crippen MR) is 96.3 cm³/mol. The van der Waals surface area contributed by atoms with Crippen LogP contribution >= 0.6 is 23.2 Å². The lowest BCUT2D eigenvalue weighted by molar-refractivity contribution is -0.0260. The number of aliphatic hydroxyl groups is 3. The first-order chi connectivity index (χ1) is 11.8. The number of anilines is 1. The van der Waals surface area contributed by atoms with Crippen molar-refractivity contribution < 1.29 is 20.1 Å². The van der Waals surface area contributed by atoms with Crippen molar-refractivity contribution in [2.45, 2.75) is 50.8 Å². The Labute approximate surface area is 155 Å². The van der Waals surface area contributed by atoms with Gasteiger partial charge in [0.25, 0.3) is 0 Å². The molecule has 138 valence electrons. The van der Waals surface area contributed by atoms with Crippen molar-refractivity contribution in [3.05, 3.63) is 22.2 Å². The lowest BCUT2D eigenvalue weighted by Crippen LogP contribution is -2.35. The van der Waals surface area contributed by atoms with E-state index in [4.69, 9.17) is 27.9 Å². The summed E-state index contributed by atoms with van der Waals surface area (Å²) in [6.07, 6.45) is -3.74. The maximum absolute atomic E-state index is 10.2. The topological polar surface area (TPSA) is 99.8 Å². The van der Waals surface area contributed by atoms with E-state index in [0.29, 0.717) is 21.5 Å². The molecule has 7 nitrogen and oxygen atoms in total.